The van der Waals surface area contributed by atoms with Crippen molar-refractivity contribution < 1.29 is 9.20 Å². The summed E-state index contributed by atoms with van der Waals surface area (Å²) in [5, 5.41) is 7.15. The zero-order chi connectivity index (χ0) is 18.1. The summed E-state index contributed by atoms with van der Waals surface area (Å²) < 4.78 is 11.8. The maximum atomic E-state index is 5.58. The van der Waals surface area contributed by atoms with Gasteiger partial charge in [0.25, 0.3) is 5.69 Å². The Morgan fingerprint density at radius 1 is 1.07 bits per heavy atom. The number of nitrogens with zero attached hydrogens (tertiary/aromatic N) is 4. The molecule has 0 N–H and O–H groups in total. The topological polar surface area (TPSA) is 47.2 Å². The maximum Gasteiger partial charge on any atom is 0.268 e. The van der Waals surface area contributed by atoms with Gasteiger partial charge in [-0.15, -0.1) is 11.3 Å². The molecule has 0 unspecified atom stereocenters. The van der Waals surface area contributed by atoms with Gasteiger partial charge in [-0.05, 0) is 23.7 Å². The Morgan fingerprint density at radius 3 is 2.89 bits per heavy atom. The van der Waals surface area contributed by atoms with Crippen LogP contribution in [0.2, 0.25) is 0 Å². The molecule has 0 atom stereocenters. The maximum absolute atomic E-state index is 5.58. The molecule has 6 heteroatoms. The van der Waals surface area contributed by atoms with E-state index in [0.717, 1.165) is 22.4 Å². The van der Waals surface area contributed by atoms with Gasteiger partial charge in [-0.3, -0.25) is 0 Å². The van der Waals surface area contributed by atoms with E-state index >= 15 is 0 Å². The van der Waals surface area contributed by atoms with Crippen molar-refractivity contribution in [2.75, 3.05) is 0 Å². The standard InChI is InChI=1S/C21H15N4OS/c1-12-7-8-14-13-5-3-4-6-16(13)27-21(14)18(12)20-19-15(11-22-24(20)2)25-17(23-19)9-10-26-25/h3-11H,1-2H3/q+1. The Balaban J connectivity index is 1.82. The predicted octanol–water partition coefficient (Wildman–Crippen LogP) is 4.64. The van der Waals surface area contributed by atoms with Crippen LogP contribution in [0.3, 0.4) is 0 Å². The van der Waals surface area contributed by atoms with Crippen LogP contribution in [-0.2, 0) is 7.05 Å². The Kier molecular flexibility index (Phi) is 2.83. The Hall–Kier alpha value is -3.25. The molecule has 0 bridgehead atoms. The van der Waals surface area contributed by atoms with E-state index in [9.17, 15) is 0 Å². The zero-order valence-corrected chi connectivity index (χ0v) is 15.6. The van der Waals surface area contributed by atoms with E-state index in [1.807, 2.05) is 35.3 Å². The fourth-order valence-corrected chi connectivity index (χ4v) is 5.21. The van der Waals surface area contributed by atoms with Gasteiger partial charge >= 0.3 is 0 Å². The van der Waals surface area contributed by atoms with Gasteiger partial charge in [0.2, 0.25) is 0 Å². The van der Waals surface area contributed by atoms with Gasteiger partial charge in [0.15, 0.2) is 18.2 Å². The van der Waals surface area contributed by atoms with Crippen molar-refractivity contribution >= 4 is 48.2 Å². The number of aryl methyl sites for hydroxylation is 2. The molecule has 0 radical (unpaired) electrons. The second-order valence-electron chi connectivity index (χ2n) is 6.76. The van der Waals surface area contributed by atoms with Crippen LogP contribution in [0, 0.1) is 6.92 Å². The molecule has 0 saturated heterocycles. The monoisotopic (exact) mass is 371 g/mol. The lowest BCUT2D eigenvalue weighted by atomic mass is 10.0. The highest BCUT2D eigenvalue weighted by Gasteiger charge is 2.26. The molecule has 0 aliphatic carbocycles. The first kappa shape index (κ1) is 14.9. The highest BCUT2D eigenvalue weighted by molar-refractivity contribution is 7.26. The van der Waals surface area contributed by atoms with Crippen molar-refractivity contribution in [2.24, 2.45) is 7.05 Å². The molecule has 130 valence electrons. The number of rotatable bonds is 1. The minimum absolute atomic E-state index is 0.792. The fraction of sp³-hybridized carbons (Fsp3) is 0.0952. The second-order valence-corrected chi connectivity index (χ2v) is 7.81. The molecular formula is C21H15N4OS+. The largest absolute Gasteiger partial charge is 0.381 e. The molecule has 0 fully saturated rings. The van der Waals surface area contributed by atoms with Gasteiger partial charge < -0.3 is 4.52 Å². The molecule has 2 aromatic carbocycles. The van der Waals surface area contributed by atoms with Crippen molar-refractivity contribution in [3.8, 4) is 11.3 Å². The van der Waals surface area contributed by atoms with Crippen molar-refractivity contribution in [1.82, 2.24) is 14.7 Å². The van der Waals surface area contributed by atoms with Crippen molar-refractivity contribution in [3.63, 3.8) is 0 Å². The van der Waals surface area contributed by atoms with E-state index in [4.69, 9.17) is 9.51 Å². The lowest BCUT2D eigenvalue weighted by molar-refractivity contribution is -0.719. The van der Waals surface area contributed by atoms with Crippen LogP contribution >= 0.6 is 11.3 Å². The van der Waals surface area contributed by atoms with Gasteiger partial charge in [0.05, 0.1) is 5.56 Å². The van der Waals surface area contributed by atoms with Crippen LogP contribution < -0.4 is 4.68 Å². The Morgan fingerprint density at radius 2 is 1.96 bits per heavy atom. The summed E-state index contributed by atoms with van der Waals surface area (Å²) in [6.45, 7) is 2.15. The van der Waals surface area contributed by atoms with E-state index in [0.29, 0.717) is 0 Å². The Labute approximate surface area is 158 Å². The summed E-state index contributed by atoms with van der Waals surface area (Å²) in [7, 11) is 1.97. The van der Waals surface area contributed by atoms with E-state index in [1.165, 1.54) is 31.3 Å². The number of thiophene rings is 1. The van der Waals surface area contributed by atoms with E-state index in [1.54, 1.807) is 10.8 Å². The van der Waals surface area contributed by atoms with Crippen molar-refractivity contribution in [3.05, 3.63) is 60.5 Å². The summed E-state index contributed by atoms with van der Waals surface area (Å²) in [5.74, 6) is 0. The molecule has 6 rings (SSSR count). The average molecular weight is 371 g/mol. The third-order valence-electron chi connectivity index (χ3n) is 5.17. The second kappa shape index (κ2) is 5.14. The van der Waals surface area contributed by atoms with Gasteiger partial charge in [0.1, 0.15) is 18.0 Å². The average Bonchev–Trinajstić information content (AvgIpc) is 3.35. The molecule has 6 aromatic rings. The number of aromatic nitrogens is 4. The SMILES string of the molecule is Cc1ccc2c(sc3ccccc32)c1-c1c2nc3ccon3c2cn[n+]1C. The number of fused-ring (bicyclic) bond motifs is 6. The smallest absolute Gasteiger partial charge is 0.268 e. The highest BCUT2D eigenvalue weighted by Crippen LogP contribution is 2.41. The van der Waals surface area contributed by atoms with Crippen molar-refractivity contribution in [1.29, 1.82) is 0 Å². The molecule has 5 nitrogen and oxygen atoms in total. The first-order valence-electron chi connectivity index (χ1n) is 8.75. The number of imidazole rings is 1. The predicted molar refractivity (Wildman–Crippen MR) is 107 cm³/mol. The zero-order valence-electron chi connectivity index (χ0n) is 14.8. The molecule has 0 aliphatic rings. The first-order valence-corrected chi connectivity index (χ1v) is 9.57. The minimum Gasteiger partial charge on any atom is -0.381 e. The lowest BCUT2D eigenvalue weighted by Gasteiger charge is -2.05. The van der Waals surface area contributed by atoms with Crippen LogP contribution in [0.4, 0.5) is 0 Å². The quantitative estimate of drug-likeness (QED) is 0.396. The number of hydrogen-bond acceptors (Lipinski definition) is 4. The summed E-state index contributed by atoms with van der Waals surface area (Å²) in [4.78, 5) is 4.83. The van der Waals surface area contributed by atoms with Crippen LogP contribution in [-0.4, -0.2) is 14.7 Å². The summed E-state index contributed by atoms with van der Waals surface area (Å²) >= 11 is 1.82. The molecule has 4 aromatic heterocycles. The third-order valence-corrected chi connectivity index (χ3v) is 6.38. The third kappa shape index (κ3) is 1.90. The molecule has 0 spiro atoms. The van der Waals surface area contributed by atoms with Gasteiger partial charge in [-0.2, -0.15) is 4.57 Å². The molecule has 0 amide bonds. The molecular weight excluding hydrogens is 356 g/mol. The van der Waals surface area contributed by atoms with Gasteiger partial charge in [0, 0.05) is 26.2 Å². The van der Waals surface area contributed by atoms with E-state index in [2.05, 4.69) is 48.4 Å². The highest BCUT2D eigenvalue weighted by atomic mass is 32.1. The van der Waals surface area contributed by atoms with Gasteiger partial charge in [-0.25, -0.2) is 4.98 Å². The lowest BCUT2D eigenvalue weighted by Crippen LogP contribution is -2.35. The number of benzene rings is 2. The normalized spacial score (nSPS) is 12.1. The van der Waals surface area contributed by atoms with Gasteiger partial charge in [-0.1, -0.05) is 35.0 Å². The number of hydrogen-bond donors (Lipinski definition) is 0. The van der Waals surface area contributed by atoms with Crippen molar-refractivity contribution in [2.45, 2.75) is 6.92 Å². The van der Waals surface area contributed by atoms with E-state index < -0.39 is 0 Å². The summed E-state index contributed by atoms with van der Waals surface area (Å²) in [5.41, 5.74) is 5.99. The Bertz CT molecular complexity index is 1510. The van der Waals surface area contributed by atoms with Crippen LogP contribution in [0.25, 0.3) is 48.1 Å². The van der Waals surface area contributed by atoms with Crippen LogP contribution in [0.5, 0.6) is 0 Å². The molecule has 4 heterocycles. The minimum atomic E-state index is 0.792. The summed E-state index contributed by atoms with van der Waals surface area (Å²) in [6.07, 6.45) is 3.45. The fourth-order valence-electron chi connectivity index (χ4n) is 3.91. The van der Waals surface area contributed by atoms with Crippen LogP contribution in [0.15, 0.2) is 59.4 Å². The van der Waals surface area contributed by atoms with E-state index in [-0.39, 0.29) is 0 Å². The molecule has 0 saturated carbocycles. The van der Waals surface area contributed by atoms with Crippen LogP contribution in [0.1, 0.15) is 5.56 Å². The summed E-state index contributed by atoms with van der Waals surface area (Å²) in [6, 6.07) is 14.8. The molecule has 27 heavy (non-hydrogen) atoms. The molecule has 0 aliphatic heterocycles. The first-order chi connectivity index (χ1) is 13.2.